The molecule has 3 heterocycles. The molecule has 35 heavy (non-hydrogen) atoms. The number of fused-ring (bicyclic) bond motifs is 1. The minimum Gasteiger partial charge on any atom is -0.473 e. The van der Waals surface area contributed by atoms with Crippen LogP contribution in [0.1, 0.15) is 26.7 Å². The Morgan fingerprint density at radius 1 is 1.17 bits per heavy atom. The number of sulfonamides is 1. The van der Waals surface area contributed by atoms with E-state index in [0.717, 1.165) is 0 Å². The maximum absolute atomic E-state index is 14.8. The number of amides is 1. The Labute approximate surface area is 199 Å². The number of ether oxygens (including phenoxy) is 2. The highest BCUT2D eigenvalue weighted by molar-refractivity contribution is 7.89. The van der Waals surface area contributed by atoms with Crippen molar-refractivity contribution >= 4 is 27.1 Å². The van der Waals surface area contributed by atoms with Gasteiger partial charge in [0.2, 0.25) is 15.9 Å². The SMILES string of the molecule is CC(C)OC(=O)N1CCC(Oc2ncnc3c(-c4cc(F)c(S(N)(=O)=O)cc4F)nn(C)c23)CC1. The zero-order chi connectivity index (χ0) is 25.5. The van der Waals surface area contributed by atoms with Crippen molar-refractivity contribution in [2.45, 2.75) is 43.8 Å². The highest BCUT2D eigenvalue weighted by Gasteiger charge is 2.28. The summed E-state index contributed by atoms with van der Waals surface area (Å²) in [5.74, 6) is -2.05. The normalized spacial score (nSPS) is 15.1. The van der Waals surface area contributed by atoms with Gasteiger partial charge in [0.05, 0.1) is 6.10 Å². The number of rotatable bonds is 5. The fourth-order valence-electron chi connectivity index (χ4n) is 3.86. The van der Waals surface area contributed by atoms with Crippen molar-refractivity contribution in [2.75, 3.05) is 13.1 Å². The van der Waals surface area contributed by atoms with Crippen LogP contribution in [-0.2, 0) is 21.8 Å². The van der Waals surface area contributed by atoms with E-state index in [-0.39, 0.29) is 41.0 Å². The number of piperidine rings is 1. The lowest BCUT2D eigenvalue weighted by molar-refractivity contribution is 0.0510. The molecule has 1 aliphatic heterocycles. The number of likely N-dealkylation sites (tertiary alicyclic amines) is 1. The Morgan fingerprint density at radius 3 is 2.49 bits per heavy atom. The summed E-state index contributed by atoms with van der Waals surface area (Å²) in [4.78, 5) is 21.1. The number of nitrogens with two attached hydrogens (primary N) is 1. The Hall–Kier alpha value is -3.39. The van der Waals surface area contributed by atoms with Crippen molar-refractivity contribution in [3.63, 3.8) is 0 Å². The number of primary sulfonamides is 1. The first-order valence-corrected chi connectivity index (χ1v) is 12.3. The molecule has 0 aliphatic carbocycles. The van der Waals surface area contributed by atoms with Crippen molar-refractivity contribution in [1.82, 2.24) is 24.6 Å². The molecule has 0 atom stereocenters. The van der Waals surface area contributed by atoms with Crippen LogP contribution >= 0.6 is 0 Å². The number of carbonyl (C=O) groups excluding carboxylic acids is 1. The van der Waals surface area contributed by atoms with Crippen molar-refractivity contribution in [3.8, 4) is 17.1 Å². The van der Waals surface area contributed by atoms with Gasteiger partial charge in [-0.05, 0) is 26.0 Å². The maximum atomic E-state index is 14.8. The van der Waals surface area contributed by atoms with Gasteiger partial charge in [-0.1, -0.05) is 0 Å². The van der Waals surface area contributed by atoms with E-state index < -0.39 is 26.6 Å². The van der Waals surface area contributed by atoms with Crippen LogP contribution in [-0.4, -0.2) is 64.5 Å². The van der Waals surface area contributed by atoms with E-state index in [1.165, 1.54) is 11.0 Å². The molecule has 0 radical (unpaired) electrons. The Morgan fingerprint density at radius 2 is 1.86 bits per heavy atom. The first kappa shape index (κ1) is 24.7. The fraction of sp³-hybridized carbons (Fsp3) is 0.429. The fourth-order valence-corrected chi connectivity index (χ4v) is 4.46. The summed E-state index contributed by atoms with van der Waals surface area (Å²) >= 11 is 0. The zero-order valence-corrected chi connectivity index (χ0v) is 20.1. The molecule has 2 aromatic heterocycles. The van der Waals surface area contributed by atoms with Gasteiger partial charge in [-0.2, -0.15) is 10.1 Å². The zero-order valence-electron chi connectivity index (χ0n) is 19.2. The Kier molecular flexibility index (Phi) is 6.60. The number of hydrogen-bond donors (Lipinski definition) is 1. The van der Waals surface area contributed by atoms with Crippen LogP contribution in [0, 0.1) is 11.6 Å². The third-order valence-corrected chi connectivity index (χ3v) is 6.41. The first-order chi connectivity index (χ1) is 16.5. The van der Waals surface area contributed by atoms with Crippen LogP contribution in [0.4, 0.5) is 13.6 Å². The molecule has 11 nitrogen and oxygen atoms in total. The van der Waals surface area contributed by atoms with Gasteiger partial charge in [-0.3, -0.25) is 4.68 Å². The predicted octanol–water partition coefficient (Wildman–Crippen LogP) is 2.34. The Bertz CT molecular complexity index is 1390. The summed E-state index contributed by atoms with van der Waals surface area (Å²) < 4.78 is 64.9. The second-order valence-electron chi connectivity index (χ2n) is 8.39. The van der Waals surface area contributed by atoms with Gasteiger partial charge >= 0.3 is 6.09 Å². The van der Waals surface area contributed by atoms with Gasteiger partial charge in [0.25, 0.3) is 0 Å². The minimum atomic E-state index is -4.45. The molecule has 4 rings (SSSR count). The second kappa shape index (κ2) is 9.34. The van der Waals surface area contributed by atoms with Gasteiger partial charge in [0.15, 0.2) is 0 Å². The molecule has 0 spiro atoms. The minimum absolute atomic E-state index is 0.0154. The smallest absolute Gasteiger partial charge is 0.410 e. The molecule has 1 fully saturated rings. The van der Waals surface area contributed by atoms with E-state index in [9.17, 15) is 22.0 Å². The van der Waals surface area contributed by atoms with Gasteiger partial charge in [0, 0.05) is 38.5 Å². The van der Waals surface area contributed by atoms with Gasteiger partial charge in [0.1, 0.15) is 45.7 Å². The number of hydrogen-bond acceptors (Lipinski definition) is 8. The lowest BCUT2D eigenvalue weighted by Gasteiger charge is -2.31. The highest BCUT2D eigenvalue weighted by atomic mass is 32.2. The molecule has 0 bridgehead atoms. The van der Waals surface area contributed by atoms with Crippen molar-refractivity contribution < 1.29 is 31.5 Å². The van der Waals surface area contributed by atoms with Gasteiger partial charge in [-0.15, -0.1) is 0 Å². The van der Waals surface area contributed by atoms with E-state index >= 15 is 0 Å². The summed E-state index contributed by atoms with van der Waals surface area (Å²) in [6.07, 6.45) is 1.46. The molecule has 188 valence electrons. The van der Waals surface area contributed by atoms with Crippen molar-refractivity contribution in [3.05, 3.63) is 30.1 Å². The summed E-state index contributed by atoms with van der Waals surface area (Å²) in [5.41, 5.74) is 0.233. The topological polar surface area (TPSA) is 143 Å². The first-order valence-electron chi connectivity index (χ1n) is 10.8. The van der Waals surface area contributed by atoms with E-state index in [4.69, 9.17) is 14.6 Å². The van der Waals surface area contributed by atoms with Gasteiger partial charge in [-0.25, -0.2) is 32.1 Å². The molecule has 1 saturated heterocycles. The van der Waals surface area contributed by atoms with Crippen LogP contribution in [0.5, 0.6) is 5.88 Å². The van der Waals surface area contributed by atoms with E-state index in [1.807, 2.05) is 0 Å². The standard InChI is InChI=1S/C21H24F2N6O5S/c1-11(2)33-21(30)29-6-4-12(5-7-29)34-20-19-18(25-10-26-20)17(27-28(19)3)13-8-15(23)16(9-14(13)22)35(24,31)32/h8-12H,4-7H2,1-3H3,(H2,24,31,32). The largest absolute Gasteiger partial charge is 0.473 e. The maximum Gasteiger partial charge on any atom is 0.410 e. The summed E-state index contributed by atoms with van der Waals surface area (Å²) in [5, 5.41) is 9.19. The quantitative estimate of drug-likeness (QED) is 0.551. The van der Waals surface area contributed by atoms with Crippen LogP contribution in [0.25, 0.3) is 22.3 Å². The van der Waals surface area contributed by atoms with E-state index in [2.05, 4.69) is 15.1 Å². The molecular formula is C21H24F2N6O5S. The second-order valence-corrected chi connectivity index (χ2v) is 9.92. The molecule has 1 aliphatic rings. The average molecular weight is 511 g/mol. The monoisotopic (exact) mass is 510 g/mol. The third kappa shape index (κ3) is 5.03. The van der Waals surface area contributed by atoms with E-state index in [0.29, 0.717) is 43.6 Å². The number of nitrogens with zero attached hydrogens (tertiary/aromatic N) is 5. The third-order valence-electron chi connectivity index (χ3n) is 5.48. The summed E-state index contributed by atoms with van der Waals surface area (Å²) in [6, 6.07) is 1.22. The van der Waals surface area contributed by atoms with Crippen LogP contribution in [0.3, 0.4) is 0 Å². The van der Waals surface area contributed by atoms with Crippen LogP contribution in [0.15, 0.2) is 23.4 Å². The molecular weight excluding hydrogens is 486 g/mol. The number of benzene rings is 1. The van der Waals surface area contributed by atoms with E-state index in [1.54, 1.807) is 25.8 Å². The number of aromatic nitrogens is 4. The predicted molar refractivity (Wildman–Crippen MR) is 120 cm³/mol. The lowest BCUT2D eigenvalue weighted by atomic mass is 10.1. The molecule has 2 N–H and O–H groups in total. The highest BCUT2D eigenvalue weighted by Crippen LogP contribution is 2.34. The van der Waals surface area contributed by atoms with Crippen molar-refractivity contribution in [1.29, 1.82) is 0 Å². The molecule has 0 saturated carbocycles. The molecule has 0 unspecified atom stereocenters. The van der Waals surface area contributed by atoms with Crippen LogP contribution < -0.4 is 9.88 Å². The Balaban J connectivity index is 1.61. The average Bonchev–Trinajstić information content (AvgIpc) is 3.11. The molecule has 1 amide bonds. The number of halogens is 2. The van der Waals surface area contributed by atoms with Gasteiger partial charge < -0.3 is 14.4 Å². The number of aryl methyl sites for hydroxylation is 1. The molecule has 14 heteroatoms. The lowest BCUT2D eigenvalue weighted by Crippen LogP contribution is -2.42. The summed E-state index contributed by atoms with van der Waals surface area (Å²) in [7, 11) is -2.88. The van der Waals surface area contributed by atoms with Crippen LogP contribution in [0.2, 0.25) is 0 Å². The molecule has 3 aromatic rings. The summed E-state index contributed by atoms with van der Waals surface area (Å²) in [6.45, 7) is 4.46. The molecule has 1 aromatic carbocycles. The van der Waals surface area contributed by atoms with Crippen molar-refractivity contribution in [2.24, 2.45) is 12.2 Å². The number of carbonyl (C=O) groups is 1.